The highest BCUT2D eigenvalue weighted by molar-refractivity contribution is 7.89. The van der Waals surface area contributed by atoms with Gasteiger partial charge in [-0.25, -0.2) is 12.7 Å². The van der Waals surface area contributed by atoms with Gasteiger partial charge in [-0.15, -0.1) is 15.3 Å². The average Bonchev–Trinajstić information content (AvgIpc) is 3.27. The lowest BCUT2D eigenvalue weighted by Crippen LogP contribution is -2.30. The Morgan fingerprint density at radius 1 is 1.25 bits per heavy atom. The zero-order chi connectivity index (χ0) is 16.6. The molecule has 1 aliphatic heterocycles. The summed E-state index contributed by atoms with van der Waals surface area (Å²) >= 11 is 1.59. The molecule has 4 heterocycles. The molecule has 10 heteroatoms. The van der Waals surface area contributed by atoms with Crippen LogP contribution in [0.25, 0.3) is 17.0 Å². The fraction of sp³-hybridized carbons (Fsp3) is 0.357. The SMILES string of the molecule is O=S1(=O)CCCN1CCNc1ccc2nnc(-c3ccsc3)n2n1. The summed E-state index contributed by atoms with van der Waals surface area (Å²) in [4.78, 5) is 0. The Morgan fingerprint density at radius 2 is 2.17 bits per heavy atom. The molecule has 24 heavy (non-hydrogen) atoms. The molecular weight excluding hydrogens is 348 g/mol. The fourth-order valence-corrected chi connectivity index (χ4v) is 4.87. The van der Waals surface area contributed by atoms with Crippen molar-refractivity contribution in [3.05, 3.63) is 29.0 Å². The summed E-state index contributed by atoms with van der Waals surface area (Å²) in [6, 6.07) is 5.63. The minimum atomic E-state index is -3.05. The Balaban J connectivity index is 1.50. The van der Waals surface area contributed by atoms with E-state index in [1.165, 1.54) is 4.31 Å². The molecule has 0 saturated carbocycles. The number of nitrogens with one attached hydrogen (secondary N) is 1. The first-order valence-corrected chi connectivity index (χ1v) is 10.2. The minimum absolute atomic E-state index is 0.252. The highest BCUT2D eigenvalue weighted by Crippen LogP contribution is 2.21. The van der Waals surface area contributed by atoms with Gasteiger partial charge in [-0.2, -0.15) is 15.9 Å². The molecule has 0 aromatic carbocycles. The lowest BCUT2D eigenvalue weighted by Gasteiger charge is -2.14. The van der Waals surface area contributed by atoms with Crippen LogP contribution in [0.4, 0.5) is 5.82 Å². The van der Waals surface area contributed by atoms with Crippen LogP contribution in [0.5, 0.6) is 0 Å². The lowest BCUT2D eigenvalue weighted by atomic mass is 10.3. The quantitative estimate of drug-likeness (QED) is 0.734. The Morgan fingerprint density at radius 3 is 2.92 bits per heavy atom. The maximum Gasteiger partial charge on any atom is 0.214 e. The fourth-order valence-electron chi connectivity index (χ4n) is 2.71. The molecule has 0 radical (unpaired) electrons. The highest BCUT2D eigenvalue weighted by Gasteiger charge is 2.27. The van der Waals surface area contributed by atoms with Gasteiger partial charge in [-0.3, -0.25) is 0 Å². The van der Waals surface area contributed by atoms with Crippen LogP contribution in [-0.4, -0.2) is 57.9 Å². The molecule has 0 unspecified atom stereocenters. The van der Waals surface area contributed by atoms with E-state index in [1.807, 2.05) is 29.0 Å². The molecule has 8 nitrogen and oxygen atoms in total. The van der Waals surface area contributed by atoms with Gasteiger partial charge in [-0.1, -0.05) is 0 Å². The van der Waals surface area contributed by atoms with Crippen LogP contribution in [-0.2, 0) is 10.0 Å². The molecule has 0 bridgehead atoms. The first kappa shape index (κ1) is 15.5. The van der Waals surface area contributed by atoms with Gasteiger partial charge in [0.2, 0.25) is 10.0 Å². The summed E-state index contributed by atoms with van der Waals surface area (Å²) < 4.78 is 26.8. The molecule has 126 valence electrons. The van der Waals surface area contributed by atoms with Crippen LogP contribution in [0.3, 0.4) is 0 Å². The average molecular weight is 364 g/mol. The van der Waals surface area contributed by atoms with E-state index in [9.17, 15) is 8.42 Å². The zero-order valence-corrected chi connectivity index (χ0v) is 14.4. The van der Waals surface area contributed by atoms with Crippen LogP contribution in [0, 0.1) is 0 Å². The summed E-state index contributed by atoms with van der Waals surface area (Å²) in [5.41, 5.74) is 1.64. The van der Waals surface area contributed by atoms with Crippen molar-refractivity contribution in [3.63, 3.8) is 0 Å². The summed E-state index contributed by atoms with van der Waals surface area (Å²) in [5, 5.41) is 20.0. The Hall–Kier alpha value is -2.04. The first-order chi connectivity index (χ1) is 11.6. The maximum absolute atomic E-state index is 11.8. The van der Waals surface area contributed by atoms with Gasteiger partial charge in [0.15, 0.2) is 11.5 Å². The van der Waals surface area contributed by atoms with Gasteiger partial charge in [0.1, 0.15) is 5.82 Å². The summed E-state index contributed by atoms with van der Waals surface area (Å²) in [7, 11) is -3.05. The molecule has 1 saturated heterocycles. The van der Waals surface area contributed by atoms with E-state index >= 15 is 0 Å². The van der Waals surface area contributed by atoms with E-state index in [4.69, 9.17) is 0 Å². The van der Waals surface area contributed by atoms with Crippen molar-refractivity contribution >= 4 is 32.8 Å². The van der Waals surface area contributed by atoms with Crippen LogP contribution >= 0.6 is 11.3 Å². The zero-order valence-electron chi connectivity index (χ0n) is 12.8. The Bertz CT molecular complexity index is 951. The normalized spacial score (nSPS) is 17.5. The van der Waals surface area contributed by atoms with E-state index in [-0.39, 0.29) is 5.75 Å². The number of anilines is 1. The third kappa shape index (κ3) is 2.87. The molecule has 3 aromatic heterocycles. The van der Waals surface area contributed by atoms with Crippen LogP contribution in [0.2, 0.25) is 0 Å². The number of hydrogen-bond acceptors (Lipinski definition) is 7. The van der Waals surface area contributed by atoms with Gasteiger partial charge >= 0.3 is 0 Å². The highest BCUT2D eigenvalue weighted by atomic mass is 32.2. The first-order valence-electron chi connectivity index (χ1n) is 7.60. The van der Waals surface area contributed by atoms with E-state index in [0.717, 1.165) is 5.56 Å². The van der Waals surface area contributed by atoms with Gasteiger partial charge in [-0.05, 0) is 30.0 Å². The Kier molecular flexibility index (Phi) is 3.94. The van der Waals surface area contributed by atoms with E-state index < -0.39 is 10.0 Å². The van der Waals surface area contributed by atoms with Crippen LogP contribution in [0.15, 0.2) is 29.0 Å². The van der Waals surface area contributed by atoms with E-state index in [0.29, 0.717) is 43.3 Å². The molecule has 3 aromatic rings. The second-order valence-electron chi connectivity index (χ2n) is 5.52. The summed E-state index contributed by atoms with van der Waals surface area (Å²) in [5.74, 6) is 1.61. The van der Waals surface area contributed by atoms with Crippen LogP contribution in [0.1, 0.15) is 6.42 Å². The van der Waals surface area contributed by atoms with Crippen molar-refractivity contribution in [1.29, 1.82) is 0 Å². The van der Waals surface area contributed by atoms with Gasteiger partial charge in [0, 0.05) is 30.6 Å². The third-order valence-electron chi connectivity index (χ3n) is 3.91. The molecule has 0 atom stereocenters. The lowest BCUT2D eigenvalue weighted by molar-refractivity contribution is 0.456. The van der Waals surface area contributed by atoms with Crippen molar-refractivity contribution in [2.45, 2.75) is 6.42 Å². The largest absolute Gasteiger partial charge is 0.367 e. The predicted octanol–water partition coefficient (Wildman–Crippen LogP) is 1.30. The molecule has 0 aliphatic carbocycles. The third-order valence-corrected chi connectivity index (χ3v) is 6.55. The summed E-state index contributed by atoms with van der Waals surface area (Å²) in [6.45, 7) is 1.56. The van der Waals surface area contributed by atoms with Gasteiger partial charge in [0.05, 0.1) is 5.75 Å². The standard InChI is InChI=1S/C14H16N6O2S2/c21-24(22)9-1-6-19(24)7-5-15-12-2-3-13-16-17-14(20(13)18-12)11-4-8-23-10-11/h2-4,8,10H,1,5-7,9H2,(H,15,18). The molecule has 0 amide bonds. The number of aromatic nitrogens is 4. The number of fused-ring (bicyclic) bond motifs is 1. The Labute approximate surface area is 143 Å². The van der Waals surface area contributed by atoms with Crippen molar-refractivity contribution in [2.24, 2.45) is 0 Å². The number of thiophene rings is 1. The number of rotatable bonds is 5. The monoisotopic (exact) mass is 364 g/mol. The second-order valence-corrected chi connectivity index (χ2v) is 8.39. The molecule has 1 fully saturated rings. The number of hydrogen-bond donors (Lipinski definition) is 1. The van der Waals surface area contributed by atoms with E-state index in [2.05, 4.69) is 20.6 Å². The van der Waals surface area contributed by atoms with Crippen LogP contribution < -0.4 is 5.32 Å². The topological polar surface area (TPSA) is 92.5 Å². The number of sulfonamides is 1. The van der Waals surface area contributed by atoms with E-state index in [1.54, 1.807) is 15.9 Å². The summed E-state index contributed by atoms with van der Waals surface area (Å²) in [6.07, 6.45) is 0.706. The van der Waals surface area contributed by atoms with Crippen molar-refractivity contribution in [1.82, 2.24) is 24.1 Å². The van der Waals surface area contributed by atoms with Gasteiger partial charge in [0.25, 0.3) is 0 Å². The smallest absolute Gasteiger partial charge is 0.214 e. The minimum Gasteiger partial charge on any atom is -0.367 e. The molecule has 4 rings (SSSR count). The molecule has 1 aliphatic rings. The number of nitrogens with zero attached hydrogens (tertiary/aromatic N) is 5. The predicted molar refractivity (Wildman–Crippen MR) is 92.6 cm³/mol. The molecule has 1 N–H and O–H groups in total. The van der Waals surface area contributed by atoms with Crippen molar-refractivity contribution in [2.75, 3.05) is 30.7 Å². The molecule has 0 spiro atoms. The second kappa shape index (κ2) is 6.11. The van der Waals surface area contributed by atoms with Crippen molar-refractivity contribution in [3.8, 4) is 11.4 Å². The van der Waals surface area contributed by atoms with Crippen molar-refractivity contribution < 1.29 is 8.42 Å². The maximum atomic E-state index is 11.8. The molecular formula is C14H16N6O2S2. The van der Waals surface area contributed by atoms with Gasteiger partial charge < -0.3 is 5.32 Å².